The van der Waals surface area contributed by atoms with E-state index in [0.717, 1.165) is 0 Å². The van der Waals surface area contributed by atoms with Gasteiger partial charge in [-0.25, -0.2) is 9.37 Å². The highest BCUT2D eigenvalue weighted by molar-refractivity contribution is 5.77. The van der Waals surface area contributed by atoms with Crippen molar-refractivity contribution in [1.29, 1.82) is 0 Å². The van der Waals surface area contributed by atoms with Gasteiger partial charge in [0, 0.05) is 18.7 Å². The number of aromatic nitrogens is 1. The van der Waals surface area contributed by atoms with Gasteiger partial charge in [-0.05, 0) is 6.07 Å². The number of nitrogens with zero attached hydrogens (tertiary/aromatic N) is 1. The maximum atomic E-state index is 13.1. The number of anilines is 1. The van der Waals surface area contributed by atoms with Crippen molar-refractivity contribution in [3.05, 3.63) is 23.8 Å². The topological polar surface area (TPSA) is 52.0 Å². The van der Waals surface area contributed by atoms with Crippen LogP contribution >= 0.6 is 0 Å². The van der Waals surface area contributed by atoms with Gasteiger partial charge in [0.25, 0.3) is 0 Å². The first-order valence-corrected chi connectivity index (χ1v) is 3.49. The predicted molar refractivity (Wildman–Crippen MR) is 43.1 cm³/mol. The molecule has 1 aromatic heterocycles. The summed E-state index contributed by atoms with van der Waals surface area (Å²) < 4.78 is 18.2. The maximum absolute atomic E-state index is 13.1. The average Bonchev–Trinajstić information content (AvgIpc) is 2.29. The van der Waals surface area contributed by atoms with Gasteiger partial charge in [-0.3, -0.25) is 0 Å². The van der Waals surface area contributed by atoms with Crippen LogP contribution in [-0.4, -0.2) is 4.98 Å². The highest BCUT2D eigenvalue weighted by Crippen LogP contribution is 2.21. The van der Waals surface area contributed by atoms with Crippen molar-refractivity contribution in [3.63, 3.8) is 0 Å². The Balaban J connectivity index is 2.88. The molecule has 4 heteroatoms. The Labute approximate surface area is 68.0 Å². The van der Waals surface area contributed by atoms with E-state index in [1.165, 1.54) is 6.07 Å². The third-order valence-corrected chi connectivity index (χ3v) is 1.58. The number of aryl methyl sites for hydroxylation is 1. The Morgan fingerprint density at radius 2 is 2.25 bits per heavy atom. The Hall–Kier alpha value is -1.58. The molecule has 2 N–H and O–H groups in total. The van der Waals surface area contributed by atoms with Gasteiger partial charge in [-0.1, -0.05) is 0 Å². The van der Waals surface area contributed by atoms with Gasteiger partial charge in [0.15, 0.2) is 17.3 Å². The number of halogens is 1. The monoisotopic (exact) mass is 166 g/mol. The fourth-order valence-corrected chi connectivity index (χ4v) is 1.12. The molecule has 2 rings (SSSR count). The summed E-state index contributed by atoms with van der Waals surface area (Å²) >= 11 is 0. The zero-order valence-corrected chi connectivity index (χ0v) is 6.47. The van der Waals surface area contributed by atoms with Gasteiger partial charge >= 0.3 is 0 Å². The van der Waals surface area contributed by atoms with Crippen molar-refractivity contribution in [2.24, 2.45) is 0 Å². The molecule has 0 saturated carbocycles. The molecule has 0 aliphatic heterocycles. The molecule has 1 heterocycles. The van der Waals surface area contributed by atoms with E-state index >= 15 is 0 Å². The summed E-state index contributed by atoms with van der Waals surface area (Å²) in [6.07, 6.45) is 0. The Morgan fingerprint density at radius 3 is 3.00 bits per heavy atom. The van der Waals surface area contributed by atoms with Gasteiger partial charge in [0.2, 0.25) is 0 Å². The fourth-order valence-electron chi connectivity index (χ4n) is 1.12. The van der Waals surface area contributed by atoms with Crippen LogP contribution < -0.4 is 5.73 Å². The zero-order valence-electron chi connectivity index (χ0n) is 6.47. The summed E-state index contributed by atoms with van der Waals surface area (Å²) in [5.74, 6) is -0.00338. The minimum absolute atomic E-state index is 0.238. The summed E-state index contributed by atoms with van der Waals surface area (Å²) in [5.41, 5.74) is 6.38. The Morgan fingerprint density at radius 1 is 1.50 bits per heavy atom. The van der Waals surface area contributed by atoms with Gasteiger partial charge in [0.05, 0.1) is 0 Å². The van der Waals surface area contributed by atoms with E-state index < -0.39 is 5.82 Å². The minimum atomic E-state index is -0.443. The normalized spacial score (nSPS) is 10.8. The third-order valence-electron chi connectivity index (χ3n) is 1.58. The van der Waals surface area contributed by atoms with Crippen LogP contribution in [0.2, 0.25) is 0 Å². The number of hydrogen-bond acceptors (Lipinski definition) is 3. The molecule has 0 fully saturated rings. The molecule has 0 atom stereocenters. The van der Waals surface area contributed by atoms with Crippen LogP contribution in [0.3, 0.4) is 0 Å². The van der Waals surface area contributed by atoms with Crippen molar-refractivity contribution >= 4 is 16.8 Å². The van der Waals surface area contributed by atoms with E-state index in [0.29, 0.717) is 17.2 Å². The molecule has 2 aromatic rings. The molecule has 0 amide bonds. The maximum Gasteiger partial charge on any atom is 0.192 e. The molecular formula is C8H7FN2O. The second-order valence-corrected chi connectivity index (χ2v) is 2.58. The summed E-state index contributed by atoms with van der Waals surface area (Å²) in [6.45, 7) is 1.66. The smallest absolute Gasteiger partial charge is 0.192 e. The number of benzene rings is 1. The number of rotatable bonds is 0. The lowest BCUT2D eigenvalue weighted by atomic mass is 10.3. The van der Waals surface area contributed by atoms with Gasteiger partial charge in [0.1, 0.15) is 5.52 Å². The Kier molecular flexibility index (Phi) is 1.30. The molecule has 0 aliphatic rings. The summed E-state index contributed by atoms with van der Waals surface area (Å²) in [6, 6.07) is 2.78. The molecule has 3 nitrogen and oxygen atoms in total. The lowest BCUT2D eigenvalue weighted by Gasteiger charge is -1.91. The first-order chi connectivity index (χ1) is 5.66. The molecule has 0 aliphatic carbocycles. The van der Waals surface area contributed by atoms with Crippen LogP contribution in [0.15, 0.2) is 16.5 Å². The van der Waals surface area contributed by atoms with E-state index in [2.05, 4.69) is 4.98 Å². The molecule has 0 bridgehead atoms. The van der Waals surface area contributed by atoms with Crippen LogP contribution in [0.25, 0.3) is 11.1 Å². The lowest BCUT2D eigenvalue weighted by Crippen LogP contribution is -1.86. The number of nitrogens with two attached hydrogens (primary N) is 1. The van der Waals surface area contributed by atoms with E-state index in [-0.39, 0.29) is 5.52 Å². The highest BCUT2D eigenvalue weighted by Gasteiger charge is 2.07. The van der Waals surface area contributed by atoms with E-state index in [4.69, 9.17) is 10.2 Å². The number of hydrogen-bond donors (Lipinski definition) is 1. The summed E-state index contributed by atoms with van der Waals surface area (Å²) in [5, 5.41) is 0. The first kappa shape index (κ1) is 7.09. The average molecular weight is 166 g/mol. The molecule has 0 saturated heterocycles. The van der Waals surface area contributed by atoms with Crippen LogP contribution in [0.5, 0.6) is 0 Å². The summed E-state index contributed by atoms with van der Waals surface area (Å²) in [4.78, 5) is 3.86. The molecule has 0 spiro atoms. The van der Waals surface area contributed by atoms with Crippen molar-refractivity contribution < 1.29 is 8.81 Å². The van der Waals surface area contributed by atoms with E-state index in [1.807, 2.05) is 0 Å². The number of fused-ring (bicyclic) bond motifs is 1. The van der Waals surface area contributed by atoms with Crippen molar-refractivity contribution in [1.82, 2.24) is 4.98 Å². The van der Waals surface area contributed by atoms with Crippen LogP contribution in [0.1, 0.15) is 5.89 Å². The molecule has 12 heavy (non-hydrogen) atoms. The fraction of sp³-hybridized carbons (Fsp3) is 0.125. The second-order valence-electron chi connectivity index (χ2n) is 2.58. The molecule has 0 unspecified atom stereocenters. The first-order valence-electron chi connectivity index (χ1n) is 3.49. The zero-order chi connectivity index (χ0) is 8.72. The molecule has 0 radical (unpaired) electrons. The van der Waals surface area contributed by atoms with Gasteiger partial charge in [-0.2, -0.15) is 0 Å². The largest absolute Gasteiger partial charge is 0.441 e. The van der Waals surface area contributed by atoms with Crippen LogP contribution in [-0.2, 0) is 0 Å². The van der Waals surface area contributed by atoms with Gasteiger partial charge in [-0.15, -0.1) is 0 Å². The molecule has 1 aromatic carbocycles. The molecule has 62 valence electrons. The van der Waals surface area contributed by atoms with Crippen molar-refractivity contribution in [2.45, 2.75) is 6.92 Å². The SMILES string of the molecule is Cc1nc2c(F)cc(N)cc2o1. The standard InChI is InChI=1S/C8H7FN2O/c1-4-11-8-6(9)2-5(10)3-7(8)12-4/h2-3H,10H2,1H3. The van der Waals surface area contributed by atoms with Crippen molar-refractivity contribution in [3.8, 4) is 0 Å². The lowest BCUT2D eigenvalue weighted by molar-refractivity contribution is 0.561. The highest BCUT2D eigenvalue weighted by atomic mass is 19.1. The van der Waals surface area contributed by atoms with Crippen LogP contribution in [0, 0.1) is 12.7 Å². The van der Waals surface area contributed by atoms with Gasteiger partial charge < -0.3 is 10.2 Å². The van der Waals surface area contributed by atoms with E-state index in [9.17, 15) is 4.39 Å². The third kappa shape index (κ3) is 0.922. The minimum Gasteiger partial charge on any atom is -0.441 e. The number of nitrogen functional groups attached to an aromatic ring is 1. The predicted octanol–water partition coefficient (Wildman–Crippen LogP) is 1.86. The van der Waals surface area contributed by atoms with E-state index in [1.54, 1.807) is 13.0 Å². The summed E-state index contributed by atoms with van der Waals surface area (Å²) in [7, 11) is 0. The molecular weight excluding hydrogens is 159 g/mol. The Bertz CT molecular complexity index is 436. The van der Waals surface area contributed by atoms with Crippen LogP contribution in [0.4, 0.5) is 10.1 Å². The quantitative estimate of drug-likeness (QED) is 0.607. The van der Waals surface area contributed by atoms with Crippen molar-refractivity contribution in [2.75, 3.05) is 5.73 Å². The second kappa shape index (κ2) is 2.20. The number of oxazole rings is 1.